The molecule has 2 aliphatic heterocycles. The highest BCUT2D eigenvalue weighted by Gasteiger charge is 2.41. The Bertz CT molecular complexity index is 1500. The summed E-state index contributed by atoms with van der Waals surface area (Å²) in [6.07, 6.45) is 3.61. The van der Waals surface area contributed by atoms with Crippen molar-refractivity contribution >= 4 is 40.8 Å². The molecule has 2 aromatic carbocycles. The SMILES string of the molecule is C#CCN1C(=O)COc2cc(F)c(N3C(=O)C4=C(CCCC4)C3=O)cc21.CN(C)C(=O)Nc1cccc(C(F)(F)F)c1. The first kappa shape index (κ1) is 30.1. The molecule has 1 N–H and O–H groups in total. The maximum atomic E-state index is 14.7. The molecule has 0 radical (unpaired) electrons. The van der Waals surface area contributed by atoms with Crippen LogP contribution in [0.2, 0.25) is 0 Å². The quantitative estimate of drug-likeness (QED) is 0.319. The summed E-state index contributed by atoms with van der Waals surface area (Å²) in [5.74, 6) is 0.406. The zero-order valence-corrected chi connectivity index (χ0v) is 22.7. The first-order valence-corrected chi connectivity index (χ1v) is 12.8. The lowest BCUT2D eigenvalue weighted by atomic mass is 9.93. The first-order valence-electron chi connectivity index (χ1n) is 12.8. The van der Waals surface area contributed by atoms with Crippen LogP contribution in [0.4, 0.5) is 39.4 Å². The van der Waals surface area contributed by atoms with Gasteiger partial charge in [-0.3, -0.25) is 19.3 Å². The highest BCUT2D eigenvalue weighted by molar-refractivity contribution is 6.33. The Morgan fingerprint density at radius 3 is 2.26 bits per heavy atom. The molecule has 0 spiro atoms. The lowest BCUT2D eigenvalue weighted by Crippen LogP contribution is -2.39. The van der Waals surface area contributed by atoms with Crippen LogP contribution in [-0.2, 0) is 20.6 Å². The van der Waals surface area contributed by atoms with Crippen LogP contribution < -0.4 is 19.9 Å². The van der Waals surface area contributed by atoms with Crippen molar-refractivity contribution < 1.29 is 41.5 Å². The van der Waals surface area contributed by atoms with Gasteiger partial charge in [-0.05, 0) is 49.9 Å². The lowest BCUT2D eigenvalue weighted by molar-refractivity contribution is -0.137. The number of rotatable bonds is 3. The smallest absolute Gasteiger partial charge is 0.416 e. The molecular weight excluding hydrogens is 560 g/mol. The van der Waals surface area contributed by atoms with Crippen molar-refractivity contribution in [2.45, 2.75) is 31.9 Å². The van der Waals surface area contributed by atoms with E-state index >= 15 is 0 Å². The Morgan fingerprint density at radius 2 is 1.69 bits per heavy atom. The van der Waals surface area contributed by atoms with Crippen molar-refractivity contribution in [3.63, 3.8) is 0 Å². The van der Waals surface area contributed by atoms with E-state index in [-0.39, 0.29) is 41.9 Å². The number of nitrogens with zero attached hydrogens (tertiary/aromatic N) is 3. The van der Waals surface area contributed by atoms with E-state index < -0.39 is 35.4 Å². The number of imide groups is 1. The minimum Gasteiger partial charge on any atom is -0.481 e. The van der Waals surface area contributed by atoms with Crippen molar-refractivity contribution in [2.75, 3.05) is 42.4 Å². The Labute approximate surface area is 238 Å². The summed E-state index contributed by atoms with van der Waals surface area (Å²) in [7, 11) is 3.01. The summed E-state index contributed by atoms with van der Waals surface area (Å²) in [5.41, 5.74) is 0.324. The molecule has 9 nitrogen and oxygen atoms in total. The number of alkyl halides is 3. The summed E-state index contributed by atoms with van der Waals surface area (Å²) in [4.78, 5) is 52.0. The van der Waals surface area contributed by atoms with Gasteiger partial charge in [-0.1, -0.05) is 12.0 Å². The fraction of sp³-hybridized carbons (Fsp3) is 0.310. The fourth-order valence-corrected chi connectivity index (χ4v) is 4.61. The maximum Gasteiger partial charge on any atom is 0.416 e. The number of hydrogen-bond donors (Lipinski definition) is 1. The number of ether oxygens (including phenoxy) is 1. The van der Waals surface area contributed by atoms with E-state index in [2.05, 4.69) is 11.2 Å². The zero-order chi connectivity index (χ0) is 30.8. The minimum atomic E-state index is -4.40. The summed E-state index contributed by atoms with van der Waals surface area (Å²) >= 11 is 0. The molecule has 0 aromatic heterocycles. The molecule has 2 aromatic rings. The number of carbonyl (C=O) groups is 4. The van der Waals surface area contributed by atoms with E-state index in [4.69, 9.17) is 11.2 Å². The Morgan fingerprint density at radius 1 is 1.05 bits per heavy atom. The minimum absolute atomic E-state index is 0.0170. The highest BCUT2D eigenvalue weighted by Crippen LogP contribution is 2.41. The largest absolute Gasteiger partial charge is 0.481 e. The molecule has 0 saturated carbocycles. The Balaban J connectivity index is 0.000000219. The monoisotopic (exact) mass is 586 g/mol. The van der Waals surface area contributed by atoms with Crippen molar-refractivity contribution in [3.05, 3.63) is 58.9 Å². The number of anilines is 3. The van der Waals surface area contributed by atoms with Gasteiger partial charge in [0.2, 0.25) is 0 Å². The third kappa shape index (κ3) is 6.07. The third-order valence-electron chi connectivity index (χ3n) is 6.70. The predicted molar refractivity (Wildman–Crippen MR) is 145 cm³/mol. The number of amides is 5. The highest BCUT2D eigenvalue weighted by atomic mass is 19.4. The predicted octanol–water partition coefficient (Wildman–Crippen LogP) is 4.73. The van der Waals surface area contributed by atoms with E-state index in [1.165, 1.54) is 42.1 Å². The van der Waals surface area contributed by atoms with Gasteiger partial charge in [0.15, 0.2) is 12.4 Å². The van der Waals surface area contributed by atoms with Gasteiger partial charge >= 0.3 is 12.2 Å². The van der Waals surface area contributed by atoms with Crippen molar-refractivity contribution in [1.82, 2.24) is 4.90 Å². The summed E-state index contributed by atoms with van der Waals surface area (Å²) < 4.78 is 57.0. The van der Waals surface area contributed by atoms with Crippen LogP contribution in [0.5, 0.6) is 5.75 Å². The number of terminal acetylenes is 1. The van der Waals surface area contributed by atoms with Gasteiger partial charge in [-0.15, -0.1) is 6.42 Å². The average Bonchev–Trinajstić information content (AvgIpc) is 3.19. The Kier molecular flexibility index (Phi) is 8.56. The molecular formula is C29H26F4N4O5. The molecule has 0 atom stereocenters. The zero-order valence-electron chi connectivity index (χ0n) is 22.7. The van der Waals surface area contributed by atoms with Crippen LogP contribution >= 0.6 is 0 Å². The van der Waals surface area contributed by atoms with E-state index in [9.17, 15) is 36.7 Å². The van der Waals surface area contributed by atoms with Gasteiger partial charge < -0.3 is 15.0 Å². The van der Waals surface area contributed by atoms with E-state index in [0.29, 0.717) is 24.0 Å². The van der Waals surface area contributed by atoms with Gasteiger partial charge in [-0.25, -0.2) is 14.1 Å². The van der Waals surface area contributed by atoms with Gasteiger partial charge in [0, 0.05) is 37.0 Å². The second-order valence-electron chi connectivity index (χ2n) is 9.76. The first-order chi connectivity index (χ1) is 19.8. The maximum absolute atomic E-state index is 14.7. The van der Waals surface area contributed by atoms with Crippen LogP contribution in [0.15, 0.2) is 47.5 Å². The van der Waals surface area contributed by atoms with Gasteiger partial charge in [0.05, 0.1) is 23.5 Å². The van der Waals surface area contributed by atoms with Crippen LogP contribution in [0.1, 0.15) is 31.2 Å². The molecule has 0 unspecified atom stereocenters. The van der Waals surface area contributed by atoms with Crippen LogP contribution in [-0.4, -0.2) is 55.9 Å². The van der Waals surface area contributed by atoms with E-state index in [1.807, 2.05) is 0 Å². The third-order valence-corrected chi connectivity index (χ3v) is 6.70. The van der Waals surface area contributed by atoms with E-state index in [0.717, 1.165) is 35.9 Å². The average molecular weight is 587 g/mol. The number of fused-ring (bicyclic) bond motifs is 1. The molecule has 1 aliphatic carbocycles. The number of halogens is 4. The number of carbonyl (C=O) groups excluding carboxylic acids is 4. The van der Waals surface area contributed by atoms with Gasteiger partial charge in [-0.2, -0.15) is 13.2 Å². The molecule has 13 heteroatoms. The number of urea groups is 1. The summed E-state index contributed by atoms with van der Waals surface area (Å²) in [6, 6.07) is 6.38. The number of nitrogens with one attached hydrogen (secondary N) is 1. The molecule has 0 saturated heterocycles. The fourth-order valence-electron chi connectivity index (χ4n) is 4.61. The van der Waals surface area contributed by atoms with Gasteiger partial charge in [0.25, 0.3) is 17.7 Å². The molecule has 5 amide bonds. The summed E-state index contributed by atoms with van der Waals surface area (Å²) in [5, 5.41) is 2.34. The van der Waals surface area contributed by atoms with Crippen LogP contribution in [0.3, 0.4) is 0 Å². The molecule has 2 heterocycles. The lowest BCUT2D eigenvalue weighted by Gasteiger charge is -2.29. The molecule has 42 heavy (non-hydrogen) atoms. The second kappa shape index (κ2) is 11.9. The molecule has 5 rings (SSSR count). The van der Waals surface area contributed by atoms with Crippen LogP contribution in [0, 0.1) is 18.2 Å². The van der Waals surface area contributed by atoms with Crippen molar-refractivity contribution in [1.29, 1.82) is 0 Å². The molecule has 0 fully saturated rings. The second-order valence-corrected chi connectivity index (χ2v) is 9.76. The van der Waals surface area contributed by atoms with Crippen molar-refractivity contribution in [3.8, 4) is 18.1 Å². The number of hydrogen-bond acceptors (Lipinski definition) is 5. The number of benzene rings is 2. The van der Waals surface area contributed by atoms with Crippen LogP contribution in [0.25, 0.3) is 0 Å². The summed E-state index contributed by atoms with van der Waals surface area (Å²) in [6.45, 7) is -0.262. The molecule has 3 aliphatic rings. The topological polar surface area (TPSA) is 99.3 Å². The van der Waals surface area contributed by atoms with E-state index in [1.54, 1.807) is 0 Å². The standard InChI is InChI=1S/C19H15FN2O4.C10H11F3N2O/c1-2-7-21-15-9-14(13(20)8-16(15)26-10-17(21)23)22-18(24)11-5-3-4-6-12(11)19(22)25;1-15(2)9(16)14-8-5-3-4-7(6-8)10(11,12)13/h1,8-9H,3-7,10H2;3-6H,1-2H3,(H,14,16). The van der Waals surface area contributed by atoms with Crippen molar-refractivity contribution in [2.24, 2.45) is 0 Å². The van der Waals surface area contributed by atoms with Gasteiger partial charge in [0.1, 0.15) is 5.75 Å². The normalized spacial score (nSPS) is 16.2. The molecule has 0 bridgehead atoms. The molecule has 220 valence electrons. The Hall–Kier alpha value is -4.86.